The maximum absolute atomic E-state index is 11.5. The van der Waals surface area contributed by atoms with E-state index < -0.39 is 11.6 Å². The highest BCUT2D eigenvalue weighted by atomic mass is 16.3. The van der Waals surface area contributed by atoms with Crippen molar-refractivity contribution < 1.29 is 9.90 Å². The van der Waals surface area contributed by atoms with Crippen LogP contribution in [0, 0.1) is 0 Å². The van der Waals surface area contributed by atoms with Crippen molar-refractivity contribution in [2.75, 3.05) is 0 Å². The number of hydrogen-bond donors (Lipinski definition) is 2. The summed E-state index contributed by atoms with van der Waals surface area (Å²) in [6.45, 7) is 7.05. The van der Waals surface area contributed by atoms with Gasteiger partial charge in [0.1, 0.15) is 0 Å². The van der Waals surface area contributed by atoms with Gasteiger partial charge in [-0.3, -0.25) is 4.79 Å². The van der Waals surface area contributed by atoms with Crippen LogP contribution in [0.3, 0.4) is 0 Å². The van der Waals surface area contributed by atoms with E-state index in [0.29, 0.717) is 6.42 Å². The number of nitrogens with one attached hydrogen (secondary N) is 1. The standard InChI is InChI=1S/C14H19NO2/c1-4-13(17)15-14(3,10-11(2)16)12-8-6-5-7-9-12/h4-9,11,16H,1,10H2,2-3H3,(H,15,17). The predicted octanol–water partition coefficient (Wildman–Crippen LogP) is 1.97. The van der Waals surface area contributed by atoms with E-state index in [0.717, 1.165) is 5.56 Å². The molecule has 0 aliphatic rings. The van der Waals surface area contributed by atoms with Crippen molar-refractivity contribution >= 4 is 5.91 Å². The highest BCUT2D eigenvalue weighted by molar-refractivity contribution is 5.87. The van der Waals surface area contributed by atoms with E-state index >= 15 is 0 Å². The summed E-state index contributed by atoms with van der Waals surface area (Å²) in [5.74, 6) is -0.239. The molecule has 3 nitrogen and oxygen atoms in total. The van der Waals surface area contributed by atoms with Gasteiger partial charge in [0.2, 0.25) is 5.91 Å². The van der Waals surface area contributed by atoms with Gasteiger partial charge < -0.3 is 10.4 Å². The Balaban J connectivity index is 3.01. The van der Waals surface area contributed by atoms with E-state index in [9.17, 15) is 9.90 Å². The second-order valence-electron chi connectivity index (χ2n) is 4.44. The lowest BCUT2D eigenvalue weighted by Crippen LogP contribution is -2.44. The van der Waals surface area contributed by atoms with Crippen LogP contribution in [0.25, 0.3) is 0 Å². The molecule has 0 aliphatic carbocycles. The molecule has 0 heterocycles. The third-order valence-corrected chi connectivity index (χ3v) is 2.70. The molecule has 0 aliphatic heterocycles. The first-order chi connectivity index (χ1) is 7.98. The fourth-order valence-electron chi connectivity index (χ4n) is 1.96. The highest BCUT2D eigenvalue weighted by Crippen LogP contribution is 2.26. The molecule has 1 aromatic carbocycles. The number of carbonyl (C=O) groups excluding carboxylic acids is 1. The van der Waals surface area contributed by atoms with E-state index in [2.05, 4.69) is 11.9 Å². The summed E-state index contributed by atoms with van der Waals surface area (Å²) in [5.41, 5.74) is 0.386. The molecule has 1 rings (SSSR count). The van der Waals surface area contributed by atoms with Crippen LogP contribution < -0.4 is 5.32 Å². The van der Waals surface area contributed by atoms with Gasteiger partial charge in [0, 0.05) is 6.42 Å². The number of hydrogen-bond acceptors (Lipinski definition) is 2. The predicted molar refractivity (Wildman–Crippen MR) is 68.4 cm³/mol. The zero-order valence-electron chi connectivity index (χ0n) is 10.3. The van der Waals surface area contributed by atoms with Crippen LogP contribution in [0.5, 0.6) is 0 Å². The molecular weight excluding hydrogens is 214 g/mol. The van der Waals surface area contributed by atoms with Gasteiger partial charge in [0.05, 0.1) is 11.6 Å². The topological polar surface area (TPSA) is 49.3 Å². The lowest BCUT2D eigenvalue weighted by Gasteiger charge is -2.32. The second-order valence-corrected chi connectivity index (χ2v) is 4.44. The molecule has 0 bridgehead atoms. The molecule has 0 fully saturated rings. The number of benzene rings is 1. The summed E-state index contributed by atoms with van der Waals surface area (Å²) in [6.07, 6.45) is 1.20. The van der Waals surface area contributed by atoms with Crippen molar-refractivity contribution in [2.24, 2.45) is 0 Å². The summed E-state index contributed by atoms with van der Waals surface area (Å²) in [4.78, 5) is 11.5. The van der Waals surface area contributed by atoms with Crippen LogP contribution in [0.1, 0.15) is 25.8 Å². The smallest absolute Gasteiger partial charge is 0.244 e. The van der Waals surface area contributed by atoms with Gasteiger partial charge in [0.25, 0.3) is 0 Å². The minimum atomic E-state index is -0.583. The Hall–Kier alpha value is -1.61. The van der Waals surface area contributed by atoms with Crippen LogP contribution in [0.2, 0.25) is 0 Å². The second kappa shape index (κ2) is 5.64. The van der Waals surface area contributed by atoms with Crippen molar-refractivity contribution in [3.05, 3.63) is 48.6 Å². The first-order valence-electron chi connectivity index (χ1n) is 5.66. The average Bonchev–Trinajstić information content (AvgIpc) is 2.29. The Morgan fingerprint density at radius 2 is 2.12 bits per heavy atom. The maximum atomic E-state index is 11.5. The Bertz CT molecular complexity index is 386. The van der Waals surface area contributed by atoms with Crippen molar-refractivity contribution in [3.63, 3.8) is 0 Å². The van der Waals surface area contributed by atoms with Crippen LogP contribution in [-0.4, -0.2) is 17.1 Å². The van der Waals surface area contributed by atoms with Crippen molar-refractivity contribution in [2.45, 2.75) is 31.9 Å². The summed E-state index contributed by atoms with van der Waals surface area (Å²) >= 11 is 0. The summed E-state index contributed by atoms with van der Waals surface area (Å²) in [7, 11) is 0. The van der Waals surface area contributed by atoms with E-state index in [-0.39, 0.29) is 5.91 Å². The fraction of sp³-hybridized carbons (Fsp3) is 0.357. The van der Waals surface area contributed by atoms with E-state index in [1.54, 1.807) is 6.92 Å². The molecule has 0 saturated carbocycles. The Labute approximate surface area is 102 Å². The molecule has 0 aromatic heterocycles. The number of amides is 1. The highest BCUT2D eigenvalue weighted by Gasteiger charge is 2.29. The quantitative estimate of drug-likeness (QED) is 0.764. The Kier molecular flexibility index (Phi) is 4.46. The van der Waals surface area contributed by atoms with Crippen molar-refractivity contribution in [3.8, 4) is 0 Å². The summed E-state index contributed by atoms with van der Waals surface area (Å²) < 4.78 is 0. The molecule has 0 radical (unpaired) electrons. The van der Waals surface area contributed by atoms with Gasteiger partial charge in [-0.2, -0.15) is 0 Å². The third kappa shape index (κ3) is 3.71. The van der Waals surface area contributed by atoms with Crippen LogP contribution in [0.15, 0.2) is 43.0 Å². The minimum Gasteiger partial charge on any atom is -0.393 e. The summed E-state index contributed by atoms with van der Waals surface area (Å²) in [5, 5.41) is 12.4. The SMILES string of the molecule is C=CC(=O)NC(C)(CC(C)O)c1ccccc1. The molecular formula is C14H19NO2. The first-order valence-corrected chi connectivity index (χ1v) is 5.66. The van der Waals surface area contributed by atoms with Gasteiger partial charge in [-0.25, -0.2) is 0 Å². The molecule has 17 heavy (non-hydrogen) atoms. The van der Waals surface area contributed by atoms with Gasteiger partial charge in [-0.05, 0) is 25.5 Å². The molecule has 3 heteroatoms. The van der Waals surface area contributed by atoms with Crippen LogP contribution in [-0.2, 0) is 10.3 Å². The molecule has 2 atom stereocenters. The molecule has 2 N–H and O–H groups in total. The van der Waals surface area contributed by atoms with Gasteiger partial charge in [0.15, 0.2) is 0 Å². The Morgan fingerprint density at radius 3 is 2.59 bits per heavy atom. The first kappa shape index (κ1) is 13.5. The number of aliphatic hydroxyl groups is 1. The Morgan fingerprint density at radius 1 is 1.53 bits per heavy atom. The van der Waals surface area contributed by atoms with Crippen LogP contribution in [0.4, 0.5) is 0 Å². The monoisotopic (exact) mass is 233 g/mol. The number of aliphatic hydroxyl groups excluding tert-OH is 1. The molecule has 2 unspecified atom stereocenters. The minimum absolute atomic E-state index is 0.239. The third-order valence-electron chi connectivity index (χ3n) is 2.70. The van der Waals surface area contributed by atoms with Crippen LogP contribution >= 0.6 is 0 Å². The molecule has 0 spiro atoms. The van der Waals surface area contributed by atoms with Gasteiger partial charge in [-0.1, -0.05) is 36.9 Å². The number of rotatable bonds is 5. The van der Waals surface area contributed by atoms with Crippen molar-refractivity contribution in [1.82, 2.24) is 5.32 Å². The van der Waals surface area contributed by atoms with Crippen molar-refractivity contribution in [1.29, 1.82) is 0 Å². The molecule has 0 saturated heterocycles. The lowest BCUT2D eigenvalue weighted by atomic mass is 9.86. The van der Waals surface area contributed by atoms with Gasteiger partial charge in [-0.15, -0.1) is 0 Å². The van der Waals surface area contributed by atoms with E-state index in [1.165, 1.54) is 6.08 Å². The average molecular weight is 233 g/mol. The molecule has 1 amide bonds. The lowest BCUT2D eigenvalue weighted by molar-refractivity contribution is -0.118. The van der Waals surface area contributed by atoms with E-state index in [4.69, 9.17) is 0 Å². The molecule has 1 aromatic rings. The largest absolute Gasteiger partial charge is 0.393 e. The van der Waals surface area contributed by atoms with E-state index in [1.807, 2.05) is 37.3 Å². The fourth-order valence-corrected chi connectivity index (χ4v) is 1.96. The van der Waals surface area contributed by atoms with Gasteiger partial charge >= 0.3 is 0 Å². The zero-order chi connectivity index (χ0) is 12.9. The normalized spacial score (nSPS) is 15.7. The summed E-state index contributed by atoms with van der Waals surface area (Å²) in [6, 6.07) is 9.62. The molecule has 92 valence electrons. The number of carbonyl (C=O) groups is 1. The maximum Gasteiger partial charge on any atom is 0.244 e. The zero-order valence-corrected chi connectivity index (χ0v) is 10.3.